The zero-order chi connectivity index (χ0) is 20.2. The highest BCUT2D eigenvalue weighted by molar-refractivity contribution is 6.12. The van der Waals surface area contributed by atoms with Gasteiger partial charge >= 0.3 is 0 Å². The lowest BCUT2D eigenvalue weighted by molar-refractivity contribution is -0.112. The van der Waals surface area contributed by atoms with Gasteiger partial charge in [-0.05, 0) is 30.5 Å². The largest absolute Gasteiger partial charge is 0.457 e. The van der Waals surface area contributed by atoms with Crippen LogP contribution in [0, 0.1) is 18.3 Å². The van der Waals surface area contributed by atoms with E-state index in [4.69, 9.17) is 4.42 Å². The molecule has 0 fully saturated rings. The third-order valence-corrected chi connectivity index (χ3v) is 4.65. The van der Waals surface area contributed by atoms with E-state index < -0.39 is 5.91 Å². The van der Waals surface area contributed by atoms with Crippen LogP contribution in [0.4, 0.5) is 5.69 Å². The molecule has 0 aliphatic rings. The number of carbonyl (C=O) groups is 1. The summed E-state index contributed by atoms with van der Waals surface area (Å²) in [6, 6.07) is 26.9. The standard InChI is InChI=1S/C25H18N2O2/c1-17-9-11-19(12-10-17)24-14-13-21(29-24)15-20(16-26)25(28)27-23-8-4-6-18-5-2-3-7-22(18)23/h2-15H,1H3,(H,27,28)/b20-15+. The Balaban J connectivity index is 1.58. The minimum atomic E-state index is -0.475. The van der Waals surface area contributed by atoms with Gasteiger partial charge < -0.3 is 9.73 Å². The number of nitrogens with one attached hydrogen (secondary N) is 1. The second kappa shape index (κ2) is 7.87. The molecule has 1 amide bonds. The highest BCUT2D eigenvalue weighted by Crippen LogP contribution is 2.25. The van der Waals surface area contributed by atoms with Gasteiger partial charge in [-0.15, -0.1) is 0 Å². The lowest BCUT2D eigenvalue weighted by Crippen LogP contribution is -2.13. The number of benzene rings is 3. The van der Waals surface area contributed by atoms with E-state index in [9.17, 15) is 10.1 Å². The molecule has 0 saturated carbocycles. The topological polar surface area (TPSA) is 66.0 Å². The van der Waals surface area contributed by atoms with Crippen molar-refractivity contribution in [3.8, 4) is 17.4 Å². The number of amides is 1. The molecule has 0 saturated heterocycles. The van der Waals surface area contributed by atoms with E-state index >= 15 is 0 Å². The summed E-state index contributed by atoms with van der Waals surface area (Å²) in [5.74, 6) is 0.658. The van der Waals surface area contributed by atoms with Gasteiger partial charge in [-0.1, -0.05) is 66.2 Å². The highest BCUT2D eigenvalue weighted by Gasteiger charge is 2.13. The normalized spacial score (nSPS) is 11.2. The Bertz CT molecular complexity index is 1250. The highest BCUT2D eigenvalue weighted by atomic mass is 16.3. The Morgan fingerprint density at radius 1 is 0.966 bits per heavy atom. The van der Waals surface area contributed by atoms with E-state index in [1.165, 1.54) is 6.08 Å². The van der Waals surface area contributed by atoms with Crippen molar-refractivity contribution in [1.82, 2.24) is 0 Å². The van der Waals surface area contributed by atoms with Gasteiger partial charge in [0.2, 0.25) is 0 Å². The quantitative estimate of drug-likeness (QED) is 0.352. The second-order valence-corrected chi connectivity index (χ2v) is 6.72. The maximum absolute atomic E-state index is 12.7. The molecule has 140 valence electrons. The van der Waals surface area contributed by atoms with Crippen LogP contribution >= 0.6 is 0 Å². The Kier molecular flexibility index (Phi) is 4.96. The molecule has 1 aromatic heterocycles. The fourth-order valence-corrected chi connectivity index (χ4v) is 3.12. The molecule has 0 radical (unpaired) electrons. The Morgan fingerprint density at radius 2 is 1.72 bits per heavy atom. The first-order chi connectivity index (χ1) is 14.1. The molecule has 0 spiro atoms. The van der Waals surface area contributed by atoms with Gasteiger partial charge in [-0.2, -0.15) is 5.26 Å². The Hall–Kier alpha value is -4.10. The number of fused-ring (bicyclic) bond motifs is 1. The number of anilines is 1. The molecule has 4 nitrogen and oxygen atoms in total. The number of furan rings is 1. The summed E-state index contributed by atoms with van der Waals surface area (Å²) < 4.78 is 5.81. The molecule has 0 bridgehead atoms. The first kappa shape index (κ1) is 18.3. The molecule has 1 N–H and O–H groups in total. The third-order valence-electron chi connectivity index (χ3n) is 4.65. The summed E-state index contributed by atoms with van der Waals surface area (Å²) >= 11 is 0. The van der Waals surface area contributed by atoms with Crippen LogP contribution < -0.4 is 5.32 Å². The molecule has 4 heteroatoms. The number of aryl methyl sites for hydroxylation is 1. The fraction of sp³-hybridized carbons (Fsp3) is 0.0400. The van der Waals surface area contributed by atoms with Crippen molar-refractivity contribution in [3.05, 3.63) is 95.8 Å². The van der Waals surface area contributed by atoms with Crippen LogP contribution in [0.5, 0.6) is 0 Å². The zero-order valence-corrected chi connectivity index (χ0v) is 15.8. The molecule has 1 heterocycles. The molecule has 29 heavy (non-hydrogen) atoms. The van der Waals surface area contributed by atoms with Crippen molar-refractivity contribution in [2.75, 3.05) is 5.32 Å². The SMILES string of the molecule is Cc1ccc(-c2ccc(/C=C(\C#N)C(=O)Nc3cccc4ccccc34)o2)cc1. The van der Waals surface area contributed by atoms with E-state index in [2.05, 4.69) is 5.32 Å². The molecular formula is C25H18N2O2. The van der Waals surface area contributed by atoms with Crippen molar-refractivity contribution in [2.45, 2.75) is 6.92 Å². The average molecular weight is 378 g/mol. The van der Waals surface area contributed by atoms with Crippen LogP contribution in [0.15, 0.2) is 88.9 Å². The molecule has 0 atom stereocenters. The van der Waals surface area contributed by atoms with Crippen LogP contribution in [0.1, 0.15) is 11.3 Å². The summed E-state index contributed by atoms with van der Waals surface area (Å²) in [6.45, 7) is 2.02. The van der Waals surface area contributed by atoms with Gasteiger partial charge in [-0.25, -0.2) is 0 Å². The van der Waals surface area contributed by atoms with Crippen LogP contribution in [-0.2, 0) is 4.79 Å². The smallest absolute Gasteiger partial charge is 0.266 e. The number of nitrogens with zero attached hydrogens (tertiary/aromatic N) is 1. The molecular weight excluding hydrogens is 360 g/mol. The first-order valence-electron chi connectivity index (χ1n) is 9.22. The van der Waals surface area contributed by atoms with Gasteiger partial charge in [0.1, 0.15) is 23.2 Å². The third kappa shape index (κ3) is 3.95. The van der Waals surface area contributed by atoms with E-state index in [1.54, 1.807) is 6.07 Å². The van der Waals surface area contributed by atoms with Gasteiger partial charge in [-0.3, -0.25) is 4.79 Å². The summed E-state index contributed by atoms with van der Waals surface area (Å²) in [6.07, 6.45) is 1.46. The van der Waals surface area contributed by atoms with Crippen LogP contribution in [-0.4, -0.2) is 5.91 Å². The molecule has 0 aliphatic heterocycles. The van der Waals surface area contributed by atoms with Gasteiger partial charge in [0.05, 0.1) is 0 Å². The van der Waals surface area contributed by atoms with E-state index in [-0.39, 0.29) is 5.57 Å². The van der Waals surface area contributed by atoms with E-state index in [1.807, 2.05) is 85.8 Å². The van der Waals surface area contributed by atoms with Crippen LogP contribution in [0.3, 0.4) is 0 Å². The summed E-state index contributed by atoms with van der Waals surface area (Å²) in [4.78, 5) is 12.7. The molecule has 0 unspecified atom stereocenters. The predicted molar refractivity (Wildman–Crippen MR) is 115 cm³/mol. The van der Waals surface area contributed by atoms with Crippen LogP contribution in [0.2, 0.25) is 0 Å². The fourth-order valence-electron chi connectivity index (χ4n) is 3.12. The Labute approximate surface area is 168 Å². The zero-order valence-electron chi connectivity index (χ0n) is 15.8. The minimum Gasteiger partial charge on any atom is -0.457 e. The summed E-state index contributed by atoms with van der Waals surface area (Å²) in [7, 11) is 0. The average Bonchev–Trinajstić information content (AvgIpc) is 3.21. The number of hydrogen-bond donors (Lipinski definition) is 1. The summed E-state index contributed by atoms with van der Waals surface area (Å²) in [5.41, 5.74) is 2.74. The number of hydrogen-bond acceptors (Lipinski definition) is 3. The van der Waals surface area contributed by atoms with Crippen molar-refractivity contribution in [2.24, 2.45) is 0 Å². The summed E-state index contributed by atoms with van der Waals surface area (Å²) in [5, 5.41) is 14.2. The van der Waals surface area contributed by atoms with Crippen molar-refractivity contribution in [1.29, 1.82) is 5.26 Å². The van der Waals surface area contributed by atoms with E-state index in [0.717, 1.165) is 21.9 Å². The lowest BCUT2D eigenvalue weighted by atomic mass is 10.1. The molecule has 3 aromatic carbocycles. The maximum Gasteiger partial charge on any atom is 0.266 e. The van der Waals surface area contributed by atoms with Gasteiger partial charge in [0, 0.05) is 22.7 Å². The Morgan fingerprint density at radius 3 is 2.52 bits per heavy atom. The molecule has 4 aromatic rings. The van der Waals surface area contributed by atoms with Gasteiger partial charge in [0.25, 0.3) is 5.91 Å². The predicted octanol–water partition coefficient (Wildman–Crippen LogP) is 5.95. The monoisotopic (exact) mass is 378 g/mol. The van der Waals surface area contributed by atoms with Crippen molar-refractivity contribution < 1.29 is 9.21 Å². The number of rotatable bonds is 4. The second-order valence-electron chi connectivity index (χ2n) is 6.72. The number of nitriles is 1. The molecule has 4 rings (SSSR count). The van der Waals surface area contributed by atoms with Crippen LogP contribution in [0.25, 0.3) is 28.2 Å². The lowest BCUT2D eigenvalue weighted by Gasteiger charge is -2.08. The minimum absolute atomic E-state index is 0.0252. The van der Waals surface area contributed by atoms with Crippen molar-refractivity contribution >= 4 is 28.4 Å². The van der Waals surface area contributed by atoms with E-state index in [0.29, 0.717) is 17.2 Å². The number of carbonyl (C=O) groups excluding carboxylic acids is 1. The maximum atomic E-state index is 12.7. The van der Waals surface area contributed by atoms with Crippen molar-refractivity contribution in [3.63, 3.8) is 0 Å². The van der Waals surface area contributed by atoms with Gasteiger partial charge in [0.15, 0.2) is 0 Å². The molecule has 0 aliphatic carbocycles. The first-order valence-corrected chi connectivity index (χ1v) is 9.22.